The number of aromatic amines is 1. The summed E-state index contributed by atoms with van der Waals surface area (Å²) >= 11 is 0. The van der Waals surface area contributed by atoms with Crippen molar-refractivity contribution in [1.29, 1.82) is 0 Å². The Labute approximate surface area is 170 Å². The van der Waals surface area contributed by atoms with Crippen LogP contribution in [0.1, 0.15) is 34.5 Å². The molecule has 4 rings (SSSR count). The topological polar surface area (TPSA) is 72.6 Å². The van der Waals surface area contributed by atoms with Crippen LogP contribution in [0.3, 0.4) is 0 Å². The number of hydrogen-bond acceptors (Lipinski definition) is 4. The lowest BCUT2D eigenvalue weighted by Crippen LogP contribution is -2.13. The number of H-pyrrole nitrogens is 1. The number of hydrogen-bond donors (Lipinski definition) is 2. The molecule has 0 fully saturated rings. The minimum absolute atomic E-state index is 0.151. The molecule has 2 aromatic carbocycles. The molecule has 0 bridgehead atoms. The van der Waals surface area contributed by atoms with Gasteiger partial charge in [0.1, 0.15) is 6.61 Å². The van der Waals surface area contributed by atoms with E-state index in [4.69, 9.17) is 14.2 Å². The quantitative estimate of drug-likeness (QED) is 0.585. The molecule has 1 aromatic heterocycles. The van der Waals surface area contributed by atoms with Gasteiger partial charge in [0, 0.05) is 29.9 Å². The Kier molecular flexibility index (Phi) is 5.71. The summed E-state index contributed by atoms with van der Waals surface area (Å²) in [6, 6.07) is 11.3. The zero-order valence-corrected chi connectivity index (χ0v) is 16.8. The predicted molar refractivity (Wildman–Crippen MR) is 113 cm³/mol. The lowest BCUT2D eigenvalue weighted by molar-refractivity contribution is 0.102. The average molecular weight is 394 g/mol. The Bertz CT molecular complexity index is 1030. The molecule has 1 aliphatic carbocycles. The Balaban J connectivity index is 1.59. The first kappa shape index (κ1) is 19.3. The van der Waals surface area contributed by atoms with Gasteiger partial charge in [-0.05, 0) is 49.4 Å². The highest BCUT2D eigenvalue weighted by Crippen LogP contribution is 2.32. The van der Waals surface area contributed by atoms with Crippen molar-refractivity contribution in [2.24, 2.45) is 0 Å². The van der Waals surface area contributed by atoms with Crippen molar-refractivity contribution in [3.63, 3.8) is 0 Å². The number of para-hydroxylation sites is 1. The largest absolute Gasteiger partial charge is 0.493 e. The molecule has 0 spiro atoms. The van der Waals surface area contributed by atoms with Gasteiger partial charge in [0.15, 0.2) is 11.5 Å². The third kappa shape index (κ3) is 3.93. The van der Waals surface area contributed by atoms with Crippen LogP contribution in [-0.4, -0.2) is 38.3 Å². The van der Waals surface area contributed by atoms with Crippen LogP contribution in [0.5, 0.6) is 11.5 Å². The van der Waals surface area contributed by atoms with Crippen LogP contribution in [0, 0.1) is 0 Å². The van der Waals surface area contributed by atoms with Gasteiger partial charge in [0.25, 0.3) is 5.91 Å². The predicted octanol–water partition coefficient (Wildman–Crippen LogP) is 4.33. The number of methoxy groups -OCH3 is 2. The van der Waals surface area contributed by atoms with Crippen LogP contribution in [0.2, 0.25) is 0 Å². The lowest BCUT2D eigenvalue weighted by atomic mass is 9.95. The summed E-state index contributed by atoms with van der Waals surface area (Å²) in [5.74, 6) is 1.02. The summed E-state index contributed by atoms with van der Waals surface area (Å²) in [6.45, 7) is 0.872. The molecule has 1 amide bonds. The van der Waals surface area contributed by atoms with E-state index in [0.29, 0.717) is 36.0 Å². The van der Waals surface area contributed by atoms with Crippen LogP contribution in [0.25, 0.3) is 10.9 Å². The van der Waals surface area contributed by atoms with Crippen LogP contribution in [0.15, 0.2) is 36.4 Å². The maximum absolute atomic E-state index is 13.0. The number of aromatic nitrogens is 1. The van der Waals surface area contributed by atoms with Gasteiger partial charge in [0.2, 0.25) is 0 Å². The molecule has 0 saturated carbocycles. The molecule has 6 nitrogen and oxygen atoms in total. The second-order valence-electron chi connectivity index (χ2n) is 7.18. The van der Waals surface area contributed by atoms with Crippen molar-refractivity contribution in [2.45, 2.75) is 25.7 Å². The average Bonchev–Trinajstić information content (AvgIpc) is 3.13. The normalized spacial score (nSPS) is 13.2. The molecule has 3 aromatic rings. The summed E-state index contributed by atoms with van der Waals surface area (Å²) in [4.78, 5) is 16.5. The molecule has 29 heavy (non-hydrogen) atoms. The van der Waals surface area contributed by atoms with Gasteiger partial charge in [0.05, 0.1) is 24.8 Å². The maximum Gasteiger partial charge on any atom is 0.257 e. The first-order valence-corrected chi connectivity index (χ1v) is 9.95. The van der Waals surface area contributed by atoms with E-state index in [0.717, 1.165) is 23.7 Å². The zero-order chi connectivity index (χ0) is 20.2. The third-order valence-corrected chi connectivity index (χ3v) is 5.34. The van der Waals surface area contributed by atoms with E-state index in [-0.39, 0.29) is 5.91 Å². The molecule has 0 radical (unpaired) electrons. The number of carbonyl (C=O) groups is 1. The van der Waals surface area contributed by atoms with Gasteiger partial charge >= 0.3 is 0 Å². The first-order valence-electron chi connectivity index (χ1n) is 9.95. The number of nitrogens with one attached hydrogen (secondary N) is 2. The van der Waals surface area contributed by atoms with Crippen molar-refractivity contribution in [2.75, 3.05) is 32.8 Å². The molecule has 152 valence electrons. The van der Waals surface area contributed by atoms with Crippen molar-refractivity contribution in [1.82, 2.24) is 4.98 Å². The Morgan fingerprint density at radius 1 is 1.07 bits per heavy atom. The molecule has 2 N–H and O–H groups in total. The summed E-state index contributed by atoms with van der Waals surface area (Å²) in [6.07, 6.45) is 4.51. The third-order valence-electron chi connectivity index (χ3n) is 5.34. The van der Waals surface area contributed by atoms with Crippen molar-refractivity contribution in [3.8, 4) is 11.5 Å². The first-order chi connectivity index (χ1) is 14.2. The summed E-state index contributed by atoms with van der Waals surface area (Å²) in [7, 11) is 3.21. The SMILES string of the molecule is COCCOc1cc(NC(=O)c2cccc3c4c([nH]c23)CCCC4)ccc1OC. The van der Waals surface area contributed by atoms with Gasteiger partial charge in [-0.3, -0.25) is 4.79 Å². The van der Waals surface area contributed by atoms with Gasteiger partial charge in [-0.25, -0.2) is 0 Å². The number of carbonyl (C=O) groups excluding carboxylic acids is 1. The number of anilines is 1. The van der Waals surface area contributed by atoms with Crippen molar-refractivity contribution >= 4 is 22.5 Å². The van der Waals surface area contributed by atoms with Crippen LogP contribution in [0.4, 0.5) is 5.69 Å². The number of rotatable bonds is 7. The van der Waals surface area contributed by atoms with E-state index in [1.165, 1.54) is 24.1 Å². The molecule has 6 heteroatoms. The van der Waals surface area contributed by atoms with Gasteiger partial charge < -0.3 is 24.5 Å². The molecule has 1 aliphatic rings. The Hall–Kier alpha value is -2.99. The maximum atomic E-state index is 13.0. The van der Waals surface area contributed by atoms with Gasteiger partial charge in [-0.15, -0.1) is 0 Å². The molecule has 0 saturated heterocycles. The Morgan fingerprint density at radius 2 is 1.93 bits per heavy atom. The highest BCUT2D eigenvalue weighted by atomic mass is 16.5. The van der Waals surface area contributed by atoms with Crippen LogP contribution < -0.4 is 14.8 Å². The smallest absolute Gasteiger partial charge is 0.257 e. The van der Waals surface area contributed by atoms with Gasteiger partial charge in [-0.2, -0.15) is 0 Å². The standard InChI is InChI=1S/C23H26N2O4/c1-27-12-13-29-21-14-15(10-11-20(21)28-2)24-23(26)18-8-5-7-17-16-6-3-4-9-19(16)25-22(17)18/h5,7-8,10-11,14,25H,3-4,6,9,12-13H2,1-2H3,(H,24,26). The molecular formula is C23H26N2O4. The highest BCUT2D eigenvalue weighted by Gasteiger charge is 2.19. The fraction of sp³-hybridized carbons (Fsp3) is 0.348. The molecule has 0 unspecified atom stereocenters. The van der Waals surface area contributed by atoms with E-state index in [1.54, 1.807) is 32.4 Å². The van der Waals surface area contributed by atoms with Crippen LogP contribution in [-0.2, 0) is 17.6 Å². The summed E-state index contributed by atoms with van der Waals surface area (Å²) in [5.41, 5.74) is 4.84. The summed E-state index contributed by atoms with van der Waals surface area (Å²) < 4.78 is 16.1. The highest BCUT2D eigenvalue weighted by molar-refractivity contribution is 6.12. The van der Waals surface area contributed by atoms with E-state index >= 15 is 0 Å². The number of aryl methyl sites for hydroxylation is 2. The minimum Gasteiger partial charge on any atom is -0.493 e. The zero-order valence-electron chi connectivity index (χ0n) is 16.8. The summed E-state index contributed by atoms with van der Waals surface area (Å²) in [5, 5.41) is 4.15. The van der Waals surface area contributed by atoms with Crippen molar-refractivity contribution < 1.29 is 19.0 Å². The number of fused-ring (bicyclic) bond motifs is 3. The van der Waals surface area contributed by atoms with Crippen LogP contribution >= 0.6 is 0 Å². The van der Waals surface area contributed by atoms with E-state index < -0.39 is 0 Å². The van der Waals surface area contributed by atoms with E-state index in [9.17, 15) is 4.79 Å². The second-order valence-corrected chi connectivity index (χ2v) is 7.18. The monoisotopic (exact) mass is 394 g/mol. The van der Waals surface area contributed by atoms with Gasteiger partial charge in [-0.1, -0.05) is 12.1 Å². The number of benzene rings is 2. The second kappa shape index (κ2) is 8.57. The van der Waals surface area contributed by atoms with E-state index in [1.807, 2.05) is 12.1 Å². The minimum atomic E-state index is -0.151. The molecular weight excluding hydrogens is 368 g/mol. The lowest BCUT2D eigenvalue weighted by Gasteiger charge is -2.13. The van der Waals surface area contributed by atoms with E-state index in [2.05, 4.69) is 16.4 Å². The fourth-order valence-electron chi connectivity index (χ4n) is 3.92. The number of ether oxygens (including phenoxy) is 3. The Morgan fingerprint density at radius 3 is 2.76 bits per heavy atom. The molecule has 0 aliphatic heterocycles. The molecule has 0 atom stereocenters. The van der Waals surface area contributed by atoms with Crippen molar-refractivity contribution in [3.05, 3.63) is 53.2 Å². The molecule has 1 heterocycles. The fourth-order valence-corrected chi connectivity index (χ4v) is 3.92. The number of amides is 1.